The maximum atomic E-state index is 10.2. The van der Waals surface area contributed by atoms with Gasteiger partial charge in [-0.2, -0.15) is 0 Å². The predicted molar refractivity (Wildman–Crippen MR) is 67.7 cm³/mol. The van der Waals surface area contributed by atoms with Crippen LogP contribution in [0.2, 0.25) is 0 Å². The molecule has 1 aliphatic rings. The second-order valence-corrected chi connectivity index (χ2v) is 3.98. The van der Waals surface area contributed by atoms with Crippen molar-refractivity contribution in [1.29, 1.82) is 0 Å². The molecule has 15 heavy (non-hydrogen) atoms. The summed E-state index contributed by atoms with van der Waals surface area (Å²) in [7, 11) is 0.821. The first kappa shape index (κ1) is 14.2. The zero-order chi connectivity index (χ0) is 11.4. The quantitative estimate of drug-likeness (QED) is 0.408. The van der Waals surface area contributed by atoms with Crippen LogP contribution < -0.4 is 0 Å². The summed E-state index contributed by atoms with van der Waals surface area (Å²) in [6.07, 6.45) is 14.3. The monoisotopic (exact) mass is 226 g/mol. The molecule has 0 N–H and O–H groups in total. The highest BCUT2D eigenvalue weighted by Gasteiger charge is 1.98. The molecule has 86 valence electrons. The summed E-state index contributed by atoms with van der Waals surface area (Å²) in [5.74, 6) is 0.273. The lowest BCUT2D eigenvalue weighted by Gasteiger charge is -1.90. The molecule has 0 spiro atoms. The lowest BCUT2D eigenvalue weighted by atomic mass is 10.2. The summed E-state index contributed by atoms with van der Waals surface area (Å²) in [5.41, 5.74) is 0. The topological polar surface area (TPSA) is 26.3 Å². The minimum atomic E-state index is 0.273. The molecule has 0 heterocycles. The third-order valence-corrected chi connectivity index (χ3v) is 2.34. The fourth-order valence-electron chi connectivity index (χ4n) is 1.20. The Morgan fingerprint density at radius 3 is 2.73 bits per heavy atom. The molecule has 2 nitrogen and oxygen atoms in total. The first-order chi connectivity index (χ1) is 7.31. The number of carbonyl (C=O) groups excluding carboxylic acids is 1. The Hall–Kier alpha value is -0.833. The number of hydrogen-bond donors (Lipinski definition) is 0. The van der Waals surface area contributed by atoms with E-state index >= 15 is 0 Å². The Morgan fingerprint density at radius 2 is 2.33 bits per heavy atom. The van der Waals surface area contributed by atoms with E-state index in [1.54, 1.807) is 6.08 Å². The van der Waals surface area contributed by atoms with E-state index in [1.807, 2.05) is 12.3 Å². The largest absolute Gasteiger partial charge is 0.559 e. The highest BCUT2D eigenvalue weighted by molar-refractivity contribution is 5.98. The van der Waals surface area contributed by atoms with Gasteiger partial charge < -0.3 is 4.43 Å². The van der Waals surface area contributed by atoms with Gasteiger partial charge in [-0.1, -0.05) is 31.9 Å². The molecule has 0 aromatic rings. The van der Waals surface area contributed by atoms with Gasteiger partial charge in [0.15, 0.2) is 5.78 Å². The van der Waals surface area contributed by atoms with Crippen LogP contribution in [0.3, 0.4) is 0 Å². The van der Waals surface area contributed by atoms with E-state index in [-0.39, 0.29) is 5.78 Å². The van der Waals surface area contributed by atoms with Crippen LogP contribution in [0.1, 0.15) is 45.4 Å². The fourth-order valence-corrected chi connectivity index (χ4v) is 1.39. The zero-order valence-electron chi connectivity index (χ0n) is 9.87. The van der Waals surface area contributed by atoms with Crippen molar-refractivity contribution in [2.45, 2.75) is 45.4 Å². The molecule has 1 aliphatic carbocycles. The molecule has 0 bridgehead atoms. The Morgan fingerprint density at radius 1 is 1.53 bits per heavy atom. The third-order valence-electron chi connectivity index (χ3n) is 2.07. The molecule has 0 atom stereocenters. The van der Waals surface area contributed by atoms with Gasteiger partial charge in [-0.25, -0.2) is 0 Å². The second-order valence-electron chi connectivity index (χ2n) is 3.51. The van der Waals surface area contributed by atoms with Gasteiger partial charge in [-0.3, -0.25) is 4.79 Å². The van der Waals surface area contributed by atoms with Crippen LogP contribution in [0.15, 0.2) is 24.5 Å². The Kier molecular flexibility index (Phi) is 10.6. The molecule has 0 unspecified atom stereocenters. The first-order valence-corrected chi connectivity index (χ1v) is 6.50. The number of allylic oxidation sites excluding steroid dienone is 3. The van der Waals surface area contributed by atoms with Crippen molar-refractivity contribution in [1.82, 2.24) is 0 Å². The van der Waals surface area contributed by atoms with Crippen LogP contribution in [0, 0.1) is 0 Å². The first-order valence-electron chi connectivity index (χ1n) is 5.68. The van der Waals surface area contributed by atoms with Crippen molar-refractivity contribution in [3.8, 4) is 0 Å². The van der Waals surface area contributed by atoms with Crippen molar-refractivity contribution >= 4 is 16.3 Å². The van der Waals surface area contributed by atoms with Gasteiger partial charge in [0.1, 0.15) is 0 Å². The summed E-state index contributed by atoms with van der Waals surface area (Å²) in [5, 5.41) is 0. The summed E-state index contributed by atoms with van der Waals surface area (Å²) >= 11 is 0. The molecule has 0 saturated heterocycles. The third kappa shape index (κ3) is 11.1. The van der Waals surface area contributed by atoms with Crippen LogP contribution in [0.4, 0.5) is 0 Å². The number of unbranched alkanes of at least 4 members (excludes halogenated alkanes) is 3. The molecule has 0 saturated carbocycles. The SMILES string of the molecule is CCCCCC=CO[SiH3].O=C1C=CCC1. The summed E-state index contributed by atoms with van der Waals surface area (Å²) in [6, 6.07) is 0. The molecule has 3 heteroatoms. The van der Waals surface area contributed by atoms with Gasteiger partial charge in [-0.05, 0) is 25.3 Å². The highest BCUT2D eigenvalue weighted by atomic mass is 28.2. The summed E-state index contributed by atoms with van der Waals surface area (Å²) < 4.78 is 4.88. The minimum Gasteiger partial charge on any atom is -0.559 e. The molecule has 1 rings (SSSR count). The van der Waals surface area contributed by atoms with E-state index in [0.717, 1.165) is 23.3 Å². The van der Waals surface area contributed by atoms with Crippen molar-refractivity contribution in [3.63, 3.8) is 0 Å². The van der Waals surface area contributed by atoms with Crippen LogP contribution >= 0.6 is 0 Å². The molecular weight excluding hydrogens is 204 g/mol. The van der Waals surface area contributed by atoms with Crippen LogP contribution in [-0.4, -0.2) is 16.3 Å². The van der Waals surface area contributed by atoms with E-state index in [9.17, 15) is 4.79 Å². The van der Waals surface area contributed by atoms with E-state index < -0.39 is 0 Å². The molecule has 0 amide bonds. The average Bonchev–Trinajstić information content (AvgIpc) is 2.70. The van der Waals surface area contributed by atoms with Crippen molar-refractivity contribution in [2.75, 3.05) is 0 Å². The van der Waals surface area contributed by atoms with Gasteiger partial charge in [0.25, 0.3) is 0 Å². The molecular formula is C12H22O2Si. The van der Waals surface area contributed by atoms with Crippen molar-refractivity contribution in [2.24, 2.45) is 0 Å². The maximum Gasteiger partial charge on any atom is 0.203 e. The number of rotatable bonds is 5. The summed E-state index contributed by atoms with van der Waals surface area (Å²) in [6.45, 7) is 2.22. The lowest BCUT2D eigenvalue weighted by Crippen LogP contribution is -1.80. The minimum absolute atomic E-state index is 0.273. The Bertz CT molecular complexity index is 210. The standard InChI is InChI=1S/C7H16OSi.C5H6O/c1-2-3-4-5-6-7-8-9;6-5-3-1-2-4-5/h6-7H,2-5H2,1,9H3;1,3H,2,4H2. The molecule has 0 radical (unpaired) electrons. The van der Waals surface area contributed by atoms with E-state index in [4.69, 9.17) is 4.43 Å². The van der Waals surface area contributed by atoms with Crippen LogP contribution in [-0.2, 0) is 9.22 Å². The molecule has 0 aromatic heterocycles. The molecule has 0 aliphatic heterocycles. The second kappa shape index (κ2) is 11.2. The van der Waals surface area contributed by atoms with Crippen molar-refractivity contribution < 1.29 is 9.22 Å². The van der Waals surface area contributed by atoms with Gasteiger partial charge in [-0.15, -0.1) is 0 Å². The smallest absolute Gasteiger partial charge is 0.203 e. The van der Waals surface area contributed by atoms with Crippen LogP contribution in [0.5, 0.6) is 0 Å². The van der Waals surface area contributed by atoms with E-state index in [1.165, 1.54) is 25.7 Å². The van der Waals surface area contributed by atoms with E-state index in [2.05, 4.69) is 13.0 Å². The maximum absolute atomic E-state index is 10.2. The van der Waals surface area contributed by atoms with Gasteiger partial charge >= 0.3 is 0 Å². The van der Waals surface area contributed by atoms with Gasteiger partial charge in [0.05, 0.1) is 6.26 Å². The Labute approximate surface area is 95.9 Å². The predicted octanol–water partition coefficient (Wildman–Crippen LogP) is 2.28. The van der Waals surface area contributed by atoms with Crippen LogP contribution in [0.25, 0.3) is 0 Å². The fraction of sp³-hybridized carbons (Fsp3) is 0.583. The molecule has 0 aromatic carbocycles. The number of hydrogen-bond acceptors (Lipinski definition) is 2. The van der Waals surface area contributed by atoms with E-state index in [0.29, 0.717) is 0 Å². The highest BCUT2D eigenvalue weighted by Crippen LogP contribution is 2.01. The lowest BCUT2D eigenvalue weighted by molar-refractivity contribution is -0.114. The number of carbonyl (C=O) groups is 1. The summed E-state index contributed by atoms with van der Waals surface area (Å²) in [4.78, 5) is 10.2. The zero-order valence-corrected chi connectivity index (χ0v) is 11.9. The van der Waals surface area contributed by atoms with Gasteiger partial charge in [0, 0.05) is 6.42 Å². The van der Waals surface area contributed by atoms with Gasteiger partial charge in [0.2, 0.25) is 10.5 Å². The normalized spacial score (nSPS) is 14.3. The van der Waals surface area contributed by atoms with Crippen molar-refractivity contribution in [3.05, 3.63) is 24.5 Å². The average molecular weight is 226 g/mol. The molecule has 0 fully saturated rings. The Balaban J connectivity index is 0.000000280. The number of ketones is 1.